The molecule has 1 amide bonds. The highest BCUT2D eigenvalue weighted by Gasteiger charge is 2.53. The standard InChI is InChI=1S/C23H30ClN3O3S/c1-14-13-16(7-9-18(14)27-31(6,29)30)15(2)25-21(28)23(11-12-23)17-8-10-19(22(3,4)5)26-20(17)24/h7-10,13,15,27H,11-12H2,1-6H3,(H,25,28)/t15-/m1/s1. The first-order chi connectivity index (χ1) is 14.2. The third-order valence-corrected chi connectivity index (χ3v) is 6.59. The maximum atomic E-state index is 13.2. The zero-order chi connectivity index (χ0) is 23.2. The lowest BCUT2D eigenvalue weighted by atomic mass is 9.89. The molecule has 31 heavy (non-hydrogen) atoms. The number of rotatable bonds is 6. The number of aryl methyl sites for hydroxylation is 1. The van der Waals surface area contributed by atoms with E-state index in [4.69, 9.17) is 11.6 Å². The van der Waals surface area contributed by atoms with Crippen LogP contribution in [0.4, 0.5) is 5.69 Å². The number of amides is 1. The molecule has 6 nitrogen and oxygen atoms in total. The molecule has 1 aromatic carbocycles. The predicted molar refractivity (Wildman–Crippen MR) is 125 cm³/mol. The molecule has 1 atom stereocenters. The average molecular weight is 464 g/mol. The minimum Gasteiger partial charge on any atom is -0.349 e. The van der Waals surface area contributed by atoms with Crippen molar-refractivity contribution in [2.45, 2.75) is 64.3 Å². The summed E-state index contributed by atoms with van der Waals surface area (Å²) >= 11 is 6.50. The largest absolute Gasteiger partial charge is 0.349 e. The first-order valence-corrected chi connectivity index (χ1v) is 12.6. The number of nitrogens with zero attached hydrogens (tertiary/aromatic N) is 1. The normalized spacial score (nSPS) is 16.5. The first kappa shape index (κ1) is 23.5. The van der Waals surface area contributed by atoms with Crippen LogP contribution in [-0.4, -0.2) is 25.6 Å². The molecule has 168 valence electrons. The number of pyridine rings is 1. The van der Waals surface area contributed by atoms with Crippen LogP contribution in [0.15, 0.2) is 30.3 Å². The second-order valence-electron chi connectivity index (χ2n) is 9.51. The quantitative estimate of drug-likeness (QED) is 0.611. The van der Waals surface area contributed by atoms with Crippen molar-refractivity contribution in [1.29, 1.82) is 0 Å². The Labute approximate surface area is 189 Å². The van der Waals surface area contributed by atoms with Crippen molar-refractivity contribution in [2.24, 2.45) is 0 Å². The van der Waals surface area contributed by atoms with Crippen molar-refractivity contribution in [2.75, 3.05) is 11.0 Å². The van der Waals surface area contributed by atoms with E-state index in [9.17, 15) is 13.2 Å². The minimum absolute atomic E-state index is 0.0665. The molecule has 0 aliphatic heterocycles. The van der Waals surface area contributed by atoms with E-state index in [1.54, 1.807) is 6.07 Å². The number of anilines is 1. The van der Waals surface area contributed by atoms with Crippen LogP contribution in [0.5, 0.6) is 0 Å². The van der Waals surface area contributed by atoms with Gasteiger partial charge in [0.2, 0.25) is 15.9 Å². The van der Waals surface area contributed by atoms with Crippen LogP contribution in [0.3, 0.4) is 0 Å². The van der Waals surface area contributed by atoms with Crippen molar-refractivity contribution >= 4 is 33.2 Å². The summed E-state index contributed by atoms with van der Waals surface area (Å²) in [5.41, 5.74) is 3.12. The Hall–Kier alpha value is -2.12. The van der Waals surface area contributed by atoms with Crippen LogP contribution in [0.25, 0.3) is 0 Å². The number of carbonyl (C=O) groups excluding carboxylic acids is 1. The van der Waals surface area contributed by atoms with E-state index in [-0.39, 0.29) is 17.4 Å². The maximum absolute atomic E-state index is 13.2. The summed E-state index contributed by atoms with van der Waals surface area (Å²) in [6.07, 6.45) is 2.59. The van der Waals surface area contributed by atoms with Gasteiger partial charge in [-0.05, 0) is 49.9 Å². The molecule has 1 aliphatic carbocycles. The molecule has 1 fully saturated rings. The first-order valence-electron chi connectivity index (χ1n) is 10.3. The molecule has 8 heteroatoms. The zero-order valence-electron chi connectivity index (χ0n) is 18.8. The monoisotopic (exact) mass is 463 g/mol. The zero-order valence-corrected chi connectivity index (χ0v) is 20.4. The third kappa shape index (κ3) is 5.21. The molecular weight excluding hydrogens is 434 g/mol. The van der Waals surface area contributed by atoms with Gasteiger partial charge in [0, 0.05) is 16.7 Å². The smallest absolute Gasteiger partial charge is 0.231 e. The van der Waals surface area contributed by atoms with E-state index in [0.29, 0.717) is 10.8 Å². The maximum Gasteiger partial charge on any atom is 0.231 e. The van der Waals surface area contributed by atoms with Crippen molar-refractivity contribution in [1.82, 2.24) is 10.3 Å². The molecule has 2 aromatic rings. The fourth-order valence-corrected chi connectivity index (χ4v) is 4.60. The Balaban J connectivity index is 1.78. The molecule has 0 radical (unpaired) electrons. The summed E-state index contributed by atoms with van der Waals surface area (Å²) in [4.78, 5) is 17.7. The Morgan fingerprint density at radius 3 is 2.32 bits per heavy atom. The van der Waals surface area contributed by atoms with Gasteiger partial charge in [-0.25, -0.2) is 13.4 Å². The molecule has 0 unspecified atom stereocenters. The van der Waals surface area contributed by atoms with Crippen LogP contribution in [-0.2, 0) is 25.6 Å². The number of hydrogen-bond acceptors (Lipinski definition) is 4. The van der Waals surface area contributed by atoms with Crippen molar-refractivity contribution in [3.05, 3.63) is 57.9 Å². The van der Waals surface area contributed by atoms with Gasteiger partial charge in [0.25, 0.3) is 0 Å². The predicted octanol–water partition coefficient (Wildman–Crippen LogP) is 4.62. The topological polar surface area (TPSA) is 88.2 Å². The van der Waals surface area contributed by atoms with Crippen LogP contribution < -0.4 is 10.0 Å². The fraction of sp³-hybridized carbons (Fsp3) is 0.478. The summed E-state index contributed by atoms with van der Waals surface area (Å²) in [6, 6.07) is 9.06. The number of sulfonamides is 1. The number of benzene rings is 1. The minimum atomic E-state index is -3.35. The summed E-state index contributed by atoms with van der Waals surface area (Å²) in [5, 5.41) is 3.49. The average Bonchev–Trinajstić information content (AvgIpc) is 3.43. The molecule has 0 saturated heterocycles. The highest BCUT2D eigenvalue weighted by molar-refractivity contribution is 7.92. The van der Waals surface area contributed by atoms with E-state index in [1.165, 1.54) is 0 Å². The summed E-state index contributed by atoms with van der Waals surface area (Å²) in [5.74, 6) is -0.0665. The van der Waals surface area contributed by atoms with Gasteiger partial charge in [-0.3, -0.25) is 9.52 Å². The van der Waals surface area contributed by atoms with E-state index in [0.717, 1.165) is 41.5 Å². The molecule has 1 aromatic heterocycles. The SMILES string of the molecule is Cc1cc([C@@H](C)NC(=O)C2(c3ccc(C(C)(C)C)nc3Cl)CC2)ccc1NS(C)(=O)=O. The molecule has 1 heterocycles. The van der Waals surface area contributed by atoms with Gasteiger partial charge in [-0.15, -0.1) is 0 Å². The molecule has 2 N–H and O–H groups in total. The highest BCUT2D eigenvalue weighted by Crippen LogP contribution is 2.51. The summed E-state index contributed by atoms with van der Waals surface area (Å²) in [6.45, 7) is 9.97. The number of halogens is 1. The van der Waals surface area contributed by atoms with Crippen LogP contribution >= 0.6 is 11.6 Å². The lowest BCUT2D eigenvalue weighted by Crippen LogP contribution is -2.36. The Morgan fingerprint density at radius 1 is 1.19 bits per heavy atom. The Bertz CT molecular complexity index is 1120. The number of nitrogens with one attached hydrogen (secondary N) is 2. The van der Waals surface area contributed by atoms with Crippen LogP contribution in [0, 0.1) is 6.92 Å². The van der Waals surface area contributed by atoms with E-state index < -0.39 is 15.4 Å². The van der Waals surface area contributed by atoms with Crippen LogP contribution in [0.2, 0.25) is 5.15 Å². The van der Waals surface area contributed by atoms with Gasteiger partial charge in [-0.1, -0.05) is 50.6 Å². The summed E-state index contributed by atoms with van der Waals surface area (Å²) < 4.78 is 25.5. The molecule has 3 rings (SSSR count). The van der Waals surface area contributed by atoms with Crippen molar-refractivity contribution in [3.8, 4) is 0 Å². The van der Waals surface area contributed by atoms with Gasteiger partial charge in [0.15, 0.2) is 0 Å². The third-order valence-electron chi connectivity index (χ3n) is 5.71. The molecular formula is C23H30ClN3O3S. The van der Waals surface area contributed by atoms with E-state index in [2.05, 4.69) is 35.8 Å². The Morgan fingerprint density at radius 2 is 1.84 bits per heavy atom. The van der Waals surface area contributed by atoms with Gasteiger partial charge < -0.3 is 5.32 Å². The van der Waals surface area contributed by atoms with Gasteiger partial charge in [0.1, 0.15) is 5.15 Å². The van der Waals surface area contributed by atoms with Gasteiger partial charge in [0.05, 0.1) is 23.4 Å². The molecule has 1 saturated carbocycles. The van der Waals surface area contributed by atoms with Crippen molar-refractivity contribution < 1.29 is 13.2 Å². The molecule has 0 spiro atoms. The van der Waals surface area contributed by atoms with Gasteiger partial charge in [-0.2, -0.15) is 0 Å². The number of hydrogen-bond donors (Lipinski definition) is 2. The van der Waals surface area contributed by atoms with Crippen LogP contribution in [0.1, 0.15) is 69.0 Å². The lowest BCUT2D eigenvalue weighted by Gasteiger charge is -2.23. The molecule has 0 bridgehead atoms. The number of aromatic nitrogens is 1. The van der Waals surface area contributed by atoms with E-state index in [1.807, 2.05) is 38.1 Å². The second-order valence-corrected chi connectivity index (χ2v) is 11.6. The second kappa shape index (κ2) is 8.10. The summed E-state index contributed by atoms with van der Waals surface area (Å²) in [7, 11) is -3.35. The number of carbonyl (C=O) groups is 1. The van der Waals surface area contributed by atoms with E-state index >= 15 is 0 Å². The molecule has 1 aliphatic rings. The fourth-order valence-electron chi connectivity index (χ4n) is 3.64. The Kier molecular flexibility index (Phi) is 6.15. The lowest BCUT2D eigenvalue weighted by molar-refractivity contribution is -0.124. The van der Waals surface area contributed by atoms with Gasteiger partial charge >= 0.3 is 0 Å². The highest BCUT2D eigenvalue weighted by atomic mass is 35.5. The van der Waals surface area contributed by atoms with Crippen molar-refractivity contribution in [3.63, 3.8) is 0 Å².